The summed E-state index contributed by atoms with van der Waals surface area (Å²) < 4.78 is 13.8. The van der Waals surface area contributed by atoms with Gasteiger partial charge in [0.25, 0.3) is 0 Å². The second kappa shape index (κ2) is 3.86. The fourth-order valence-corrected chi connectivity index (χ4v) is 2.97. The first-order valence-electron chi connectivity index (χ1n) is 5.62. The Morgan fingerprint density at radius 1 is 1.41 bits per heavy atom. The molecule has 0 N–H and O–H groups in total. The van der Waals surface area contributed by atoms with Gasteiger partial charge >= 0.3 is 0 Å². The smallest absolute Gasteiger partial charge is 0.142 e. The van der Waals surface area contributed by atoms with Gasteiger partial charge in [-0.3, -0.25) is 0 Å². The monoisotopic (exact) mass is 228 g/mol. The Balaban J connectivity index is 2.63. The lowest BCUT2D eigenvalue weighted by molar-refractivity contribution is 0.394. The Kier molecular flexibility index (Phi) is 2.63. The number of hydrogen-bond donors (Lipinski definition) is 0. The normalized spacial score (nSPS) is 26.4. The minimum atomic E-state index is -0.729. The maximum absolute atomic E-state index is 13.8. The Labute approximate surface area is 100 Å². The molecule has 1 aromatic carbocycles. The lowest BCUT2D eigenvalue weighted by Crippen LogP contribution is -2.27. The average molecular weight is 228 g/mol. The molecule has 86 valence electrons. The van der Waals surface area contributed by atoms with Crippen molar-refractivity contribution in [2.75, 3.05) is 0 Å². The highest BCUT2D eigenvalue weighted by atomic mass is 19.1. The van der Waals surface area contributed by atoms with E-state index in [0.29, 0.717) is 12.0 Å². The molecule has 1 aliphatic carbocycles. The summed E-state index contributed by atoms with van der Waals surface area (Å²) in [4.78, 5) is 0. The lowest BCUT2D eigenvalue weighted by Gasteiger charge is -2.26. The molecule has 0 aromatic heterocycles. The third-order valence-corrected chi connectivity index (χ3v) is 3.79. The van der Waals surface area contributed by atoms with E-state index < -0.39 is 11.3 Å². The first-order valence-corrected chi connectivity index (χ1v) is 5.62. The molecule has 0 radical (unpaired) electrons. The van der Waals surface area contributed by atoms with E-state index in [0.717, 1.165) is 5.56 Å². The summed E-state index contributed by atoms with van der Waals surface area (Å²) in [5.74, 6) is -0.901. The second-order valence-electron chi connectivity index (χ2n) is 4.91. The molecule has 0 heterocycles. The van der Waals surface area contributed by atoms with Gasteiger partial charge in [0.1, 0.15) is 11.7 Å². The molecule has 17 heavy (non-hydrogen) atoms. The van der Waals surface area contributed by atoms with Crippen molar-refractivity contribution >= 4 is 0 Å². The van der Waals surface area contributed by atoms with Crippen LogP contribution in [-0.4, -0.2) is 0 Å². The summed E-state index contributed by atoms with van der Waals surface area (Å²) in [6, 6.07) is 8.99. The van der Waals surface area contributed by atoms with Gasteiger partial charge < -0.3 is 0 Å². The fraction of sp³-hybridized carbons (Fsp3) is 0.429. The van der Waals surface area contributed by atoms with Crippen LogP contribution in [0.4, 0.5) is 4.39 Å². The van der Waals surface area contributed by atoms with Crippen LogP contribution in [0.1, 0.15) is 37.3 Å². The van der Waals surface area contributed by atoms with Crippen LogP contribution < -0.4 is 0 Å². The Hall–Kier alpha value is -1.87. The van der Waals surface area contributed by atoms with Crippen molar-refractivity contribution in [1.82, 2.24) is 0 Å². The largest absolute Gasteiger partial charge is 0.207 e. The molecule has 0 saturated carbocycles. The van der Waals surface area contributed by atoms with E-state index in [4.69, 9.17) is 10.5 Å². The van der Waals surface area contributed by atoms with Crippen LogP contribution in [0.15, 0.2) is 18.2 Å². The van der Waals surface area contributed by atoms with Crippen LogP contribution in [0.2, 0.25) is 0 Å². The van der Waals surface area contributed by atoms with Crippen molar-refractivity contribution in [3.05, 3.63) is 35.1 Å². The van der Waals surface area contributed by atoms with Crippen molar-refractivity contribution in [1.29, 1.82) is 10.5 Å². The highest BCUT2D eigenvalue weighted by molar-refractivity contribution is 5.45. The van der Waals surface area contributed by atoms with Crippen LogP contribution in [0.25, 0.3) is 0 Å². The van der Waals surface area contributed by atoms with Gasteiger partial charge in [-0.2, -0.15) is 10.5 Å². The Morgan fingerprint density at radius 3 is 2.65 bits per heavy atom. The van der Waals surface area contributed by atoms with Gasteiger partial charge in [-0.1, -0.05) is 26.0 Å². The number of nitrogens with zero attached hydrogens (tertiary/aromatic N) is 2. The van der Waals surface area contributed by atoms with Crippen LogP contribution >= 0.6 is 0 Å². The van der Waals surface area contributed by atoms with Crippen molar-refractivity contribution in [3.8, 4) is 12.1 Å². The predicted octanol–water partition coefficient (Wildman–Crippen LogP) is 3.25. The van der Waals surface area contributed by atoms with Gasteiger partial charge in [0.2, 0.25) is 0 Å². The molecule has 2 nitrogen and oxygen atoms in total. The number of hydrogen-bond acceptors (Lipinski definition) is 2. The lowest BCUT2D eigenvalue weighted by atomic mass is 9.73. The maximum Gasteiger partial charge on any atom is 0.142 e. The van der Waals surface area contributed by atoms with Crippen molar-refractivity contribution in [2.45, 2.75) is 31.6 Å². The van der Waals surface area contributed by atoms with Crippen LogP contribution in [0.3, 0.4) is 0 Å². The van der Waals surface area contributed by atoms with Crippen LogP contribution in [0, 0.1) is 34.4 Å². The summed E-state index contributed by atoms with van der Waals surface area (Å²) in [7, 11) is 0. The zero-order valence-electron chi connectivity index (χ0n) is 9.87. The molecule has 2 rings (SSSR count). The van der Waals surface area contributed by atoms with Gasteiger partial charge in [-0.25, -0.2) is 4.39 Å². The Bertz CT molecular complexity index is 524. The zero-order chi connectivity index (χ0) is 12.6. The second-order valence-corrected chi connectivity index (χ2v) is 4.91. The molecule has 1 aromatic rings. The molecule has 1 aliphatic rings. The molecule has 0 saturated heterocycles. The van der Waals surface area contributed by atoms with Crippen LogP contribution in [0.5, 0.6) is 0 Å². The van der Waals surface area contributed by atoms with Crippen LogP contribution in [-0.2, 0) is 5.41 Å². The number of halogens is 1. The van der Waals surface area contributed by atoms with Crippen molar-refractivity contribution in [2.24, 2.45) is 5.92 Å². The molecule has 0 amide bonds. The zero-order valence-corrected chi connectivity index (χ0v) is 9.87. The third kappa shape index (κ3) is 1.51. The summed E-state index contributed by atoms with van der Waals surface area (Å²) in [6.45, 7) is 3.82. The quantitative estimate of drug-likeness (QED) is 0.740. The van der Waals surface area contributed by atoms with E-state index in [1.807, 2.05) is 32.1 Å². The first kappa shape index (κ1) is 11.6. The number of benzene rings is 1. The number of rotatable bonds is 1. The third-order valence-electron chi connectivity index (χ3n) is 3.79. The van der Waals surface area contributed by atoms with E-state index in [9.17, 15) is 4.39 Å². The number of fused-ring (bicyclic) bond motifs is 1. The summed E-state index contributed by atoms with van der Waals surface area (Å²) in [6.07, 6.45) is 0.648. The predicted molar refractivity (Wildman–Crippen MR) is 61.5 cm³/mol. The molecule has 2 atom stereocenters. The van der Waals surface area contributed by atoms with Gasteiger partial charge in [0.15, 0.2) is 0 Å². The SMILES string of the molecule is C[C@H]1C[C@](C)(C(C#N)C#N)c2cccc(F)c21. The minimum Gasteiger partial charge on any atom is -0.207 e. The summed E-state index contributed by atoms with van der Waals surface area (Å²) in [5.41, 5.74) is 0.934. The van der Waals surface area contributed by atoms with Gasteiger partial charge in [-0.05, 0) is 29.5 Å². The highest BCUT2D eigenvalue weighted by Crippen LogP contribution is 2.50. The van der Waals surface area contributed by atoms with Crippen molar-refractivity contribution < 1.29 is 4.39 Å². The molecule has 0 aliphatic heterocycles. The van der Waals surface area contributed by atoms with E-state index in [1.165, 1.54) is 6.07 Å². The minimum absolute atomic E-state index is 0.0559. The van der Waals surface area contributed by atoms with Gasteiger partial charge in [0, 0.05) is 5.41 Å². The molecule has 0 unspecified atom stereocenters. The van der Waals surface area contributed by atoms with Gasteiger partial charge in [0.05, 0.1) is 12.1 Å². The Morgan fingerprint density at radius 2 is 2.06 bits per heavy atom. The summed E-state index contributed by atoms with van der Waals surface area (Å²) >= 11 is 0. The van der Waals surface area contributed by atoms with E-state index in [2.05, 4.69) is 0 Å². The van der Waals surface area contributed by atoms with E-state index in [1.54, 1.807) is 6.07 Å². The highest BCUT2D eigenvalue weighted by Gasteiger charge is 2.45. The molecule has 0 spiro atoms. The van der Waals surface area contributed by atoms with E-state index in [-0.39, 0.29) is 11.7 Å². The first-order chi connectivity index (χ1) is 8.04. The molecule has 3 heteroatoms. The summed E-state index contributed by atoms with van der Waals surface area (Å²) in [5, 5.41) is 18.1. The molecule has 0 bridgehead atoms. The average Bonchev–Trinajstić information content (AvgIpc) is 2.55. The maximum atomic E-state index is 13.8. The molecule has 0 fully saturated rings. The number of nitriles is 2. The van der Waals surface area contributed by atoms with Gasteiger partial charge in [-0.15, -0.1) is 0 Å². The standard InChI is InChI=1S/C14H13FN2/c1-9-6-14(2,10(7-16)8-17)11-4-3-5-12(15)13(9)11/h3-5,9-10H,6H2,1-2H3/t9-,14+/m0/s1. The molecular formula is C14H13FN2. The van der Waals surface area contributed by atoms with E-state index >= 15 is 0 Å². The topological polar surface area (TPSA) is 47.6 Å². The molecular weight excluding hydrogens is 215 g/mol. The fourth-order valence-electron chi connectivity index (χ4n) is 2.97. The van der Waals surface area contributed by atoms with Crippen molar-refractivity contribution in [3.63, 3.8) is 0 Å².